The fraction of sp³-hybridized carbons (Fsp3) is 0.774. The molecule has 0 saturated heterocycles. The molecule has 0 spiro atoms. The lowest BCUT2D eigenvalue weighted by atomic mass is 9.77. The van der Waals surface area contributed by atoms with Crippen LogP contribution in [0.3, 0.4) is 0 Å². The lowest BCUT2D eigenvalue weighted by molar-refractivity contribution is 0.249. The lowest BCUT2D eigenvalue weighted by Gasteiger charge is -2.29. The van der Waals surface area contributed by atoms with Gasteiger partial charge in [-0.1, -0.05) is 116 Å². The van der Waals surface area contributed by atoms with Crippen LogP contribution in [0.2, 0.25) is 0 Å². The van der Waals surface area contributed by atoms with Gasteiger partial charge in [0.25, 0.3) is 0 Å². The first-order valence-corrected chi connectivity index (χ1v) is 14.2. The first-order valence-electron chi connectivity index (χ1n) is 14.2. The molecule has 2 aliphatic carbocycles. The number of nitriles is 1. The molecular formula is C31H49N. The average molecular weight is 436 g/mol. The summed E-state index contributed by atoms with van der Waals surface area (Å²) in [6.45, 7) is 4.63. The van der Waals surface area contributed by atoms with Gasteiger partial charge in [-0.05, 0) is 66.5 Å². The minimum absolute atomic E-state index is 0.881. The van der Waals surface area contributed by atoms with Gasteiger partial charge < -0.3 is 0 Å². The minimum Gasteiger partial charge on any atom is -0.192 e. The Kier molecular flexibility index (Phi) is 11.1. The van der Waals surface area contributed by atoms with E-state index in [2.05, 4.69) is 38.1 Å². The van der Waals surface area contributed by atoms with Crippen molar-refractivity contribution in [1.82, 2.24) is 0 Å². The molecule has 1 heteroatoms. The second kappa shape index (κ2) is 14.1. The fourth-order valence-corrected chi connectivity index (χ4v) is 6.54. The van der Waals surface area contributed by atoms with Gasteiger partial charge in [0.15, 0.2) is 0 Å². The van der Waals surface area contributed by atoms with Crippen LogP contribution in [0.5, 0.6) is 0 Å². The van der Waals surface area contributed by atoms with Crippen molar-refractivity contribution in [1.29, 1.82) is 5.26 Å². The van der Waals surface area contributed by atoms with E-state index in [0.717, 1.165) is 42.1 Å². The molecule has 2 aliphatic rings. The Balaban J connectivity index is 1.39. The molecule has 0 radical (unpaired) electrons. The minimum atomic E-state index is 0.881. The van der Waals surface area contributed by atoms with Crippen LogP contribution in [0, 0.1) is 35.0 Å². The number of benzene rings is 1. The Morgan fingerprint density at radius 3 is 1.81 bits per heavy atom. The molecule has 2 saturated carbocycles. The van der Waals surface area contributed by atoms with Crippen LogP contribution in [0.15, 0.2) is 18.2 Å². The highest BCUT2D eigenvalue weighted by molar-refractivity contribution is 5.41. The van der Waals surface area contributed by atoms with Crippen LogP contribution >= 0.6 is 0 Å². The summed E-state index contributed by atoms with van der Waals surface area (Å²) >= 11 is 0. The van der Waals surface area contributed by atoms with Gasteiger partial charge in [0.1, 0.15) is 0 Å². The summed E-state index contributed by atoms with van der Waals surface area (Å²) in [6.07, 6.45) is 24.7. The van der Waals surface area contributed by atoms with E-state index in [1.54, 1.807) is 0 Å². The zero-order valence-electron chi connectivity index (χ0n) is 21.2. The first kappa shape index (κ1) is 25.3. The number of hydrogen-bond donors (Lipinski definition) is 0. The number of rotatable bonds is 12. The van der Waals surface area contributed by atoms with Crippen molar-refractivity contribution in [3.8, 4) is 6.07 Å². The fourth-order valence-electron chi connectivity index (χ4n) is 6.54. The normalized spacial score (nSPS) is 26.0. The zero-order valence-corrected chi connectivity index (χ0v) is 21.2. The van der Waals surface area contributed by atoms with Crippen molar-refractivity contribution >= 4 is 0 Å². The van der Waals surface area contributed by atoms with Crippen LogP contribution in [0.4, 0.5) is 0 Å². The molecule has 1 nitrogen and oxygen atoms in total. The molecule has 1 aromatic carbocycles. The van der Waals surface area contributed by atoms with E-state index in [1.165, 1.54) is 114 Å². The second-order valence-electron chi connectivity index (χ2n) is 11.2. The highest BCUT2D eigenvalue weighted by Crippen LogP contribution is 2.35. The highest BCUT2D eigenvalue weighted by Gasteiger charge is 2.22. The number of nitrogens with zero attached hydrogens (tertiary/aromatic N) is 1. The largest absolute Gasteiger partial charge is 0.192 e. The van der Waals surface area contributed by atoms with Gasteiger partial charge >= 0.3 is 0 Å². The van der Waals surface area contributed by atoms with Gasteiger partial charge in [0.2, 0.25) is 0 Å². The standard InChI is InChI=1S/C31H49N/c1-3-5-6-8-26-11-15-28(16-12-26)19-21-30-22-20-29(23-31(30)24-32)18-17-27-13-9-25(7-4-2)10-14-27/h20,22-23,25-28H,3-19,21H2,1-2H3/t25-,26-,27-,28-. The molecule has 0 aliphatic heterocycles. The first-order chi connectivity index (χ1) is 15.7. The Hall–Kier alpha value is -1.29. The van der Waals surface area contributed by atoms with Crippen molar-refractivity contribution in [3.05, 3.63) is 34.9 Å². The van der Waals surface area contributed by atoms with Crippen LogP contribution in [0.25, 0.3) is 0 Å². The molecule has 3 rings (SSSR count). The van der Waals surface area contributed by atoms with Crippen molar-refractivity contribution in [2.24, 2.45) is 23.7 Å². The zero-order chi connectivity index (χ0) is 22.6. The molecule has 1 aromatic rings. The average Bonchev–Trinajstić information content (AvgIpc) is 2.83. The topological polar surface area (TPSA) is 23.8 Å². The summed E-state index contributed by atoms with van der Waals surface area (Å²) in [5.41, 5.74) is 3.62. The Bertz CT molecular complexity index is 683. The van der Waals surface area contributed by atoms with E-state index in [9.17, 15) is 5.26 Å². The van der Waals surface area contributed by atoms with Crippen molar-refractivity contribution < 1.29 is 0 Å². The third-order valence-corrected chi connectivity index (χ3v) is 8.80. The number of hydrogen-bond acceptors (Lipinski definition) is 1. The third kappa shape index (κ3) is 8.24. The van der Waals surface area contributed by atoms with Crippen LogP contribution in [0.1, 0.15) is 133 Å². The monoisotopic (exact) mass is 435 g/mol. The third-order valence-electron chi connectivity index (χ3n) is 8.80. The van der Waals surface area contributed by atoms with E-state index in [-0.39, 0.29) is 0 Å². The maximum Gasteiger partial charge on any atom is 0.0994 e. The van der Waals surface area contributed by atoms with E-state index >= 15 is 0 Å². The molecule has 0 bridgehead atoms. The van der Waals surface area contributed by atoms with Gasteiger partial charge in [0.05, 0.1) is 11.6 Å². The quantitative estimate of drug-likeness (QED) is 0.300. The predicted octanol–water partition coefficient (Wildman–Crippen LogP) is 9.42. The van der Waals surface area contributed by atoms with E-state index in [1.807, 2.05) is 0 Å². The Morgan fingerprint density at radius 2 is 1.25 bits per heavy atom. The van der Waals surface area contributed by atoms with Crippen LogP contribution in [-0.2, 0) is 12.8 Å². The van der Waals surface area contributed by atoms with Gasteiger partial charge in [-0.25, -0.2) is 0 Å². The van der Waals surface area contributed by atoms with Crippen LogP contribution in [-0.4, -0.2) is 0 Å². The van der Waals surface area contributed by atoms with Gasteiger partial charge in [-0.15, -0.1) is 0 Å². The summed E-state index contributed by atoms with van der Waals surface area (Å²) < 4.78 is 0. The summed E-state index contributed by atoms with van der Waals surface area (Å²) in [6, 6.07) is 9.33. The molecule has 0 heterocycles. The number of aryl methyl sites for hydroxylation is 2. The second-order valence-corrected chi connectivity index (χ2v) is 11.2. The molecule has 178 valence electrons. The molecule has 2 fully saturated rings. The van der Waals surface area contributed by atoms with Crippen molar-refractivity contribution in [2.45, 2.75) is 129 Å². The van der Waals surface area contributed by atoms with Crippen molar-refractivity contribution in [3.63, 3.8) is 0 Å². The highest BCUT2D eigenvalue weighted by atomic mass is 14.3. The Morgan fingerprint density at radius 1 is 0.688 bits per heavy atom. The SMILES string of the molecule is CCCCC[C@H]1CC[C@H](CCc2ccc(CC[C@H]3CC[C@H](CCC)CC3)cc2C#N)CC1. The maximum absolute atomic E-state index is 9.76. The molecule has 0 atom stereocenters. The van der Waals surface area contributed by atoms with Gasteiger partial charge in [-0.3, -0.25) is 0 Å². The summed E-state index contributed by atoms with van der Waals surface area (Å²) in [5, 5.41) is 9.76. The predicted molar refractivity (Wildman–Crippen MR) is 138 cm³/mol. The summed E-state index contributed by atoms with van der Waals surface area (Å²) in [7, 11) is 0. The van der Waals surface area contributed by atoms with Gasteiger partial charge in [0, 0.05) is 0 Å². The molecule has 0 unspecified atom stereocenters. The van der Waals surface area contributed by atoms with Crippen molar-refractivity contribution in [2.75, 3.05) is 0 Å². The van der Waals surface area contributed by atoms with E-state index < -0.39 is 0 Å². The smallest absolute Gasteiger partial charge is 0.0994 e. The molecular weight excluding hydrogens is 386 g/mol. The van der Waals surface area contributed by atoms with Crippen LogP contribution < -0.4 is 0 Å². The van der Waals surface area contributed by atoms with E-state index in [0.29, 0.717) is 0 Å². The van der Waals surface area contributed by atoms with E-state index in [4.69, 9.17) is 0 Å². The lowest BCUT2D eigenvalue weighted by Crippen LogP contribution is -2.15. The summed E-state index contributed by atoms with van der Waals surface area (Å²) in [5.74, 6) is 3.78. The summed E-state index contributed by atoms with van der Waals surface area (Å²) in [4.78, 5) is 0. The molecule has 0 amide bonds. The molecule has 0 aromatic heterocycles. The molecule has 0 N–H and O–H groups in total. The maximum atomic E-state index is 9.76. The number of unbranched alkanes of at least 4 members (excludes halogenated alkanes) is 2. The van der Waals surface area contributed by atoms with Gasteiger partial charge in [-0.2, -0.15) is 5.26 Å². The Labute approximate surface area is 199 Å². The molecule has 32 heavy (non-hydrogen) atoms.